The van der Waals surface area contributed by atoms with Crippen LogP contribution >= 0.6 is 0 Å². The Balaban J connectivity index is 1.64. The molecule has 0 N–H and O–H groups in total. The van der Waals surface area contributed by atoms with Crippen LogP contribution in [0.3, 0.4) is 0 Å². The number of esters is 1. The molecule has 2 fully saturated rings. The van der Waals surface area contributed by atoms with Gasteiger partial charge in [0.15, 0.2) is 6.54 Å². The molecule has 0 spiro atoms. The van der Waals surface area contributed by atoms with Gasteiger partial charge in [-0.1, -0.05) is 53.4 Å². The van der Waals surface area contributed by atoms with Crippen molar-refractivity contribution in [3.63, 3.8) is 0 Å². The minimum absolute atomic E-state index is 0.0801. The predicted octanol–water partition coefficient (Wildman–Crippen LogP) is 4.81. The molecule has 4 heteroatoms. The smallest absolute Gasteiger partial charge is 0.361 e. The van der Waals surface area contributed by atoms with Crippen molar-refractivity contribution in [2.75, 3.05) is 40.4 Å². The van der Waals surface area contributed by atoms with Crippen LogP contribution in [0.2, 0.25) is 0 Å². The lowest BCUT2D eigenvalue weighted by molar-refractivity contribution is -0.883. The number of unbranched alkanes of at least 4 members (excludes halogenated alkanes) is 4. The molecule has 2 rings (SSSR count). The number of fused-ring (bicyclic) bond motifs is 2. The summed E-state index contributed by atoms with van der Waals surface area (Å²) in [6.45, 7) is 12.0. The topological polar surface area (TPSA) is 35.5 Å². The molecule has 4 nitrogen and oxygen atoms in total. The summed E-state index contributed by atoms with van der Waals surface area (Å²) in [6.07, 6.45) is 10.1. The van der Waals surface area contributed by atoms with Crippen molar-refractivity contribution < 1.29 is 18.8 Å². The highest BCUT2D eigenvalue weighted by Gasteiger charge is 2.61. The Bertz CT molecular complexity index is 488. The lowest BCUT2D eigenvalue weighted by atomic mass is 9.70. The van der Waals surface area contributed by atoms with Gasteiger partial charge < -0.3 is 14.0 Å². The Hall–Kier alpha value is -0.610. The van der Waals surface area contributed by atoms with Crippen molar-refractivity contribution in [1.82, 2.24) is 0 Å². The maximum Gasteiger partial charge on any atom is 0.361 e. The zero-order valence-electron chi connectivity index (χ0n) is 18.8. The Morgan fingerprint density at radius 1 is 1.07 bits per heavy atom. The average molecular weight is 383 g/mol. The third kappa shape index (κ3) is 5.47. The minimum Gasteiger partial charge on any atom is -0.462 e. The van der Waals surface area contributed by atoms with Crippen molar-refractivity contribution in [2.24, 2.45) is 16.7 Å². The SMILES string of the molecule is CCCCCCCOC(=O)C[N+](C)(C)CCO[C@H]1C[C@H]2CC[C@]1(C)C2(C)C. The summed E-state index contributed by atoms with van der Waals surface area (Å²) < 4.78 is 12.4. The number of carbonyl (C=O) groups is 1. The molecule has 2 saturated carbocycles. The Morgan fingerprint density at radius 2 is 1.78 bits per heavy atom. The van der Waals surface area contributed by atoms with Crippen LogP contribution in [0.25, 0.3) is 0 Å². The van der Waals surface area contributed by atoms with Gasteiger partial charge >= 0.3 is 5.97 Å². The second kappa shape index (κ2) is 9.26. The van der Waals surface area contributed by atoms with E-state index in [-0.39, 0.29) is 5.97 Å². The molecule has 0 aromatic carbocycles. The molecule has 0 saturated heterocycles. The molecule has 0 aromatic heterocycles. The standard InChI is InChI=1S/C23H44NO3/c1-7-8-9-10-11-15-27-21(25)18-24(5,6)14-16-26-20-17-19-12-13-23(20,4)22(19,2)3/h19-20H,7-18H2,1-6H3/q+1/t19-,20+,23+/m1/s1. The first kappa shape index (κ1) is 22.7. The van der Waals surface area contributed by atoms with Gasteiger partial charge in [-0.15, -0.1) is 0 Å². The van der Waals surface area contributed by atoms with E-state index in [4.69, 9.17) is 9.47 Å². The highest BCUT2D eigenvalue weighted by Crippen LogP contribution is 2.66. The van der Waals surface area contributed by atoms with E-state index in [0.29, 0.717) is 34.6 Å². The van der Waals surface area contributed by atoms with E-state index in [0.717, 1.165) is 31.9 Å². The van der Waals surface area contributed by atoms with Gasteiger partial charge in [0.2, 0.25) is 0 Å². The monoisotopic (exact) mass is 382 g/mol. The number of rotatable bonds is 12. The lowest BCUT2D eigenvalue weighted by Crippen LogP contribution is -2.47. The molecule has 0 heterocycles. The van der Waals surface area contributed by atoms with Gasteiger partial charge in [0.1, 0.15) is 6.54 Å². The summed E-state index contributed by atoms with van der Waals surface area (Å²) in [6, 6.07) is 0. The first-order chi connectivity index (χ1) is 12.6. The van der Waals surface area contributed by atoms with Crippen molar-refractivity contribution >= 4 is 5.97 Å². The van der Waals surface area contributed by atoms with E-state index < -0.39 is 0 Å². The quantitative estimate of drug-likeness (QED) is 0.276. The summed E-state index contributed by atoms with van der Waals surface area (Å²) in [5.41, 5.74) is 0.703. The van der Waals surface area contributed by atoms with Gasteiger partial charge in [0.05, 0.1) is 33.4 Å². The van der Waals surface area contributed by atoms with Crippen molar-refractivity contribution in [3.05, 3.63) is 0 Å². The third-order valence-electron chi connectivity index (χ3n) is 7.80. The maximum absolute atomic E-state index is 12.1. The van der Waals surface area contributed by atoms with E-state index in [1.54, 1.807) is 0 Å². The molecule has 27 heavy (non-hydrogen) atoms. The fourth-order valence-corrected chi connectivity index (χ4v) is 5.19. The summed E-state index contributed by atoms with van der Waals surface area (Å²) in [7, 11) is 4.19. The number of hydrogen-bond acceptors (Lipinski definition) is 3. The van der Waals surface area contributed by atoms with Crippen LogP contribution in [0.15, 0.2) is 0 Å². The summed E-state index contributed by atoms with van der Waals surface area (Å²) in [5.74, 6) is 0.728. The summed E-state index contributed by atoms with van der Waals surface area (Å²) in [4.78, 5) is 12.1. The molecular formula is C23H44NO3+. The first-order valence-corrected chi connectivity index (χ1v) is 11.2. The fourth-order valence-electron chi connectivity index (χ4n) is 5.19. The molecule has 0 radical (unpaired) electrons. The van der Waals surface area contributed by atoms with E-state index in [1.807, 2.05) is 0 Å². The average Bonchev–Trinajstić information content (AvgIpc) is 2.91. The second-order valence-electron chi connectivity index (χ2n) is 10.4. The maximum atomic E-state index is 12.1. The van der Waals surface area contributed by atoms with Crippen LogP contribution in [0.4, 0.5) is 0 Å². The Labute approximate surface area is 167 Å². The molecule has 158 valence electrons. The third-order valence-corrected chi connectivity index (χ3v) is 7.80. The fraction of sp³-hybridized carbons (Fsp3) is 0.957. The molecule has 2 aliphatic carbocycles. The Morgan fingerprint density at radius 3 is 2.37 bits per heavy atom. The van der Waals surface area contributed by atoms with Gasteiger partial charge in [-0.2, -0.15) is 0 Å². The molecule has 0 aromatic rings. The predicted molar refractivity (Wildman–Crippen MR) is 111 cm³/mol. The molecule has 2 aliphatic rings. The van der Waals surface area contributed by atoms with Gasteiger partial charge in [-0.3, -0.25) is 0 Å². The molecule has 0 aliphatic heterocycles. The molecular weight excluding hydrogens is 338 g/mol. The lowest BCUT2D eigenvalue weighted by Gasteiger charge is -2.39. The highest BCUT2D eigenvalue weighted by atomic mass is 16.5. The largest absolute Gasteiger partial charge is 0.462 e. The van der Waals surface area contributed by atoms with Crippen molar-refractivity contribution in [1.29, 1.82) is 0 Å². The minimum atomic E-state index is -0.0801. The number of hydrogen-bond donors (Lipinski definition) is 0. The van der Waals surface area contributed by atoms with Gasteiger partial charge in [0, 0.05) is 0 Å². The molecule has 2 bridgehead atoms. The van der Waals surface area contributed by atoms with E-state index >= 15 is 0 Å². The van der Waals surface area contributed by atoms with Crippen LogP contribution < -0.4 is 0 Å². The van der Waals surface area contributed by atoms with Crippen LogP contribution in [0, 0.1) is 16.7 Å². The number of ether oxygens (including phenoxy) is 2. The number of carbonyl (C=O) groups excluding carboxylic acids is 1. The van der Waals surface area contributed by atoms with E-state index in [1.165, 1.54) is 38.5 Å². The van der Waals surface area contributed by atoms with Gasteiger partial charge in [-0.25, -0.2) is 4.79 Å². The van der Waals surface area contributed by atoms with Crippen LogP contribution in [0.1, 0.15) is 79.1 Å². The zero-order chi connectivity index (χ0) is 20.1. The Kier molecular flexibility index (Phi) is 7.78. The number of nitrogens with zero attached hydrogens (tertiary/aromatic N) is 1. The molecule has 0 unspecified atom stereocenters. The summed E-state index contributed by atoms with van der Waals surface area (Å²) in [5, 5.41) is 0. The van der Waals surface area contributed by atoms with Gasteiger partial charge in [-0.05, 0) is 42.4 Å². The second-order valence-corrected chi connectivity index (χ2v) is 10.4. The van der Waals surface area contributed by atoms with Crippen LogP contribution in [-0.4, -0.2) is 57.0 Å². The van der Waals surface area contributed by atoms with E-state index in [2.05, 4.69) is 41.8 Å². The van der Waals surface area contributed by atoms with Crippen molar-refractivity contribution in [2.45, 2.75) is 85.2 Å². The summed E-state index contributed by atoms with van der Waals surface area (Å²) >= 11 is 0. The first-order valence-electron chi connectivity index (χ1n) is 11.2. The number of likely N-dealkylation sites (N-methyl/N-ethyl adjacent to an activating group) is 1. The molecule has 0 amide bonds. The van der Waals surface area contributed by atoms with Crippen LogP contribution in [0.5, 0.6) is 0 Å². The highest BCUT2D eigenvalue weighted by molar-refractivity contribution is 5.70. The van der Waals surface area contributed by atoms with E-state index in [9.17, 15) is 4.79 Å². The number of quaternary nitrogens is 1. The molecule has 3 atom stereocenters. The van der Waals surface area contributed by atoms with Gasteiger partial charge in [0.25, 0.3) is 0 Å². The normalized spacial score (nSPS) is 29.3. The van der Waals surface area contributed by atoms with Crippen LogP contribution in [-0.2, 0) is 14.3 Å². The van der Waals surface area contributed by atoms with Crippen molar-refractivity contribution in [3.8, 4) is 0 Å². The zero-order valence-corrected chi connectivity index (χ0v) is 18.8.